The SMILES string of the molecule is C1SSSSSSS1. The third kappa shape index (κ3) is 4.29. The summed E-state index contributed by atoms with van der Waals surface area (Å²) in [5.41, 5.74) is 0. The zero-order valence-corrected chi connectivity index (χ0v) is 9.28. The smallest absolute Gasteiger partial charge is 0.0616 e. The van der Waals surface area contributed by atoms with E-state index in [2.05, 4.69) is 0 Å². The molecule has 7 heteroatoms. The van der Waals surface area contributed by atoms with Crippen molar-refractivity contribution in [1.82, 2.24) is 0 Å². The first kappa shape index (κ1) is 8.55. The van der Waals surface area contributed by atoms with E-state index in [9.17, 15) is 0 Å². The van der Waals surface area contributed by atoms with Gasteiger partial charge >= 0.3 is 0 Å². The van der Waals surface area contributed by atoms with Crippen LogP contribution in [0.15, 0.2) is 0 Å². The highest BCUT2D eigenvalue weighted by Crippen LogP contribution is 2.59. The highest BCUT2D eigenvalue weighted by atomic mass is 33.9. The molecule has 1 fully saturated rings. The highest BCUT2D eigenvalue weighted by molar-refractivity contribution is 9.47. The molecule has 0 aromatic carbocycles. The van der Waals surface area contributed by atoms with Crippen molar-refractivity contribution in [2.75, 3.05) is 5.08 Å². The van der Waals surface area contributed by atoms with Crippen LogP contribution >= 0.6 is 70.7 Å². The van der Waals surface area contributed by atoms with Gasteiger partial charge in [0, 0.05) is 0 Å². The van der Waals surface area contributed by atoms with Crippen molar-refractivity contribution in [3.8, 4) is 0 Å². The Morgan fingerprint density at radius 3 is 1.75 bits per heavy atom. The molecule has 0 radical (unpaired) electrons. The summed E-state index contributed by atoms with van der Waals surface area (Å²) in [7, 11) is 13.1. The zero-order chi connectivity index (χ0) is 5.66. The quantitative estimate of drug-likeness (QED) is 0.559. The lowest BCUT2D eigenvalue weighted by Gasteiger charge is -2.01. The van der Waals surface area contributed by atoms with E-state index in [1.54, 1.807) is 0 Å². The second kappa shape index (κ2) is 6.18. The molecule has 48 valence electrons. The molecule has 8 heavy (non-hydrogen) atoms. The molecule has 0 amide bonds. The second-order valence-corrected chi connectivity index (χ2v) is 12.4. The van der Waals surface area contributed by atoms with Gasteiger partial charge in [-0.1, -0.05) is 21.6 Å². The van der Waals surface area contributed by atoms with Crippen molar-refractivity contribution in [3.05, 3.63) is 0 Å². The minimum absolute atomic E-state index is 1.20. The Labute approximate surface area is 75.0 Å². The Kier molecular flexibility index (Phi) is 6.60. The standard InChI is InChI=1S/CH2S7/c1-2-4-6-8-7-5-3-1/h1H2. The fourth-order valence-electron chi connectivity index (χ4n) is 0.132. The van der Waals surface area contributed by atoms with Crippen molar-refractivity contribution in [2.24, 2.45) is 0 Å². The van der Waals surface area contributed by atoms with Crippen LogP contribution < -0.4 is 0 Å². The topological polar surface area (TPSA) is 0 Å². The van der Waals surface area contributed by atoms with Crippen LogP contribution in [0.5, 0.6) is 0 Å². The van der Waals surface area contributed by atoms with E-state index in [4.69, 9.17) is 0 Å². The molecule has 0 bridgehead atoms. The maximum Gasteiger partial charge on any atom is 0.0616 e. The minimum Gasteiger partial charge on any atom is -0.0698 e. The van der Waals surface area contributed by atoms with E-state index in [-0.39, 0.29) is 0 Å². The van der Waals surface area contributed by atoms with Crippen LogP contribution in [0.1, 0.15) is 0 Å². The Bertz CT molecular complexity index is 28.3. The van der Waals surface area contributed by atoms with E-state index in [0.717, 1.165) is 0 Å². The maximum absolute atomic E-state index is 1.92. The molecule has 0 atom stereocenters. The van der Waals surface area contributed by atoms with Crippen molar-refractivity contribution < 1.29 is 0 Å². The molecule has 0 saturated carbocycles. The van der Waals surface area contributed by atoms with Gasteiger partial charge in [-0.15, -0.1) is 0 Å². The maximum atomic E-state index is 1.92. The highest BCUT2D eigenvalue weighted by Gasteiger charge is 1.99. The van der Waals surface area contributed by atoms with Gasteiger partial charge in [0.1, 0.15) is 0 Å². The van der Waals surface area contributed by atoms with Gasteiger partial charge < -0.3 is 0 Å². The summed E-state index contributed by atoms with van der Waals surface area (Å²) >= 11 is 0. The summed E-state index contributed by atoms with van der Waals surface area (Å²) in [5, 5.41) is 1.20. The van der Waals surface area contributed by atoms with Gasteiger partial charge in [0.25, 0.3) is 0 Å². The first-order valence-corrected chi connectivity index (χ1v) is 10.7. The molecule has 0 aromatic heterocycles. The van der Waals surface area contributed by atoms with Crippen LogP contribution in [0, 0.1) is 0 Å². The molecule has 1 aliphatic heterocycles. The van der Waals surface area contributed by atoms with Gasteiger partial charge in [-0.2, -0.15) is 0 Å². The van der Waals surface area contributed by atoms with Gasteiger partial charge in [-0.05, 0) is 49.1 Å². The lowest BCUT2D eigenvalue weighted by atomic mass is 11.9. The number of hydrogen-bond acceptors (Lipinski definition) is 7. The molecule has 0 N–H and O–H groups in total. The predicted octanol–water partition coefficient (Wildman–Crippen LogP) is 4.58. The number of rotatable bonds is 0. The van der Waals surface area contributed by atoms with Crippen LogP contribution in [0.3, 0.4) is 0 Å². The Morgan fingerprint density at radius 2 is 1.12 bits per heavy atom. The largest absolute Gasteiger partial charge is 0.0698 e. The summed E-state index contributed by atoms with van der Waals surface area (Å²) in [6.07, 6.45) is 0. The number of hydrogen-bond donors (Lipinski definition) is 0. The van der Waals surface area contributed by atoms with Gasteiger partial charge in [-0.25, -0.2) is 0 Å². The van der Waals surface area contributed by atoms with Crippen LogP contribution in [0.4, 0.5) is 0 Å². The Balaban J connectivity index is 2.00. The second-order valence-electron chi connectivity index (χ2n) is 0.694. The molecular weight excluding hydrogens is 236 g/mol. The van der Waals surface area contributed by atoms with Crippen LogP contribution in [0.25, 0.3) is 0 Å². The third-order valence-corrected chi connectivity index (χ3v) is 14.2. The molecule has 0 aromatic rings. The average Bonchev–Trinajstić information content (AvgIpc) is 1.62. The molecule has 1 heterocycles. The first-order valence-electron chi connectivity index (χ1n) is 1.58. The molecule has 1 rings (SSSR count). The molecule has 0 nitrogen and oxygen atoms in total. The summed E-state index contributed by atoms with van der Waals surface area (Å²) in [5.74, 6) is 0. The van der Waals surface area contributed by atoms with E-state index in [1.807, 2.05) is 70.7 Å². The van der Waals surface area contributed by atoms with Gasteiger partial charge in [0.15, 0.2) is 0 Å². The summed E-state index contributed by atoms with van der Waals surface area (Å²) in [6, 6.07) is 0. The molecule has 0 aliphatic carbocycles. The molecule has 0 spiro atoms. The van der Waals surface area contributed by atoms with Crippen molar-refractivity contribution in [3.63, 3.8) is 0 Å². The molecule has 1 aliphatic rings. The average molecular weight is 238 g/mol. The Morgan fingerprint density at radius 1 is 0.625 bits per heavy atom. The molecule has 0 unspecified atom stereocenters. The fourth-order valence-corrected chi connectivity index (χ4v) is 16.2. The zero-order valence-electron chi connectivity index (χ0n) is 3.56. The summed E-state index contributed by atoms with van der Waals surface area (Å²) in [4.78, 5) is 0. The first-order chi connectivity index (χ1) is 4.00. The predicted molar refractivity (Wildman–Crippen MR) is 58.0 cm³/mol. The monoisotopic (exact) mass is 238 g/mol. The Hall–Kier alpha value is 2.45. The van der Waals surface area contributed by atoms with E-state index < -0.39 is 0 Å². The lowest BCUT2D eigenvalue weighted by molar-refractivity contribution is 2.36. The van der Waals surface area contributed by atoms with E-state index >= 15 is 0 Å². The van der Waals surface area contributed by atoms with Crippen molar-refractivity contribution >= 4 is 70.7 Å². The van der Waals surface area contributed by atoms with Gasteiger partial charge in [0.05, 0.1) is 5.08 Å². The van der Waals surface area contributed by atoms with Crippen molar-refractivity contribution in [1.29, 1.82) is 0 Å². The lowest BCUT2D eigenvalue weighted by Crippen LogP contribution is -1.55. The molecular formula is CH2S7. The van der Waals surface area contributed by atoms with E-state index in [0.29, 0.717) is 0 Å². The van der Waals surface area contributed by atoms with Crippen molar-refractivity contribution in [2.45, 2.75) is 0 Å². The van der Waals surface area contributed by atoms with Gasteiger partial charge in [-0.3, -0.25) is 0 Å². The van der Waals surface area contributed by atoms with Crippen LogP contribution in [0.2, 0.25) is 0 Å². The molecule has 1 saturated heterocycles. The van der Waals surface area contributed by atoms with Crippen LogP contribution in [-0.4, -0.2) is 5.08 Å². The van der Waals surface area contributed by atoms with E-state index in [1.165, 1.54) is 5.08 Å². The van der Waals surface area contributed by atoms with Gasteiger partial charge in [0.2, 0.25) is 0 Å². The fraction of sp³-hybridized carbons (Fsp3) is 1.00. The summed E-state index contributed by atoms with van der Waals surface area (Å²) < 4.78 is 0. The van der Waals surface area contributed by atoms with Crippen LogP contribution in [-0.2, 0) is 0 Å². The normalized spacial score (nSPS) is 24.0. The minimum atomic E-state index is 1.20. The summed E-state index contributed by atoms with van der Waals surface area (Å²) in [6.45, 7) is 0. The third-order valence-electron chi connectivity index (χ3n) is 0.304.